The van der Waals surface area contributed by atoms with Crippen LogP contribution in [0.4, 0.5) is 17.6 Å². The molecular formula is C23H21F4N3O3. The first kappa shape index (κ1) is 22.8. The van der Waals surface area contributed by atoms with Crippen LogP contribution < -0.4 is 0 Å². The van der Waals surface area contributed by atoms with Crippen LogP contribution in [0.2, 0.25) is 0 Å². The zero-order valence-corrected chi connectivity index (χ0v) is 17.7. The molecule has 0 unspecified atom stereocenters. The maximum atomic E-state index is 14.1. The van der Waals surface area contributed by atoms with E-state index in [1.54, 1.807) is 11.8 Å². The minimum absolute atomic E-state index is 0.0478. The molecule has 1 aliphatic carbocycles. The Morgan fingerprint density at radius 3 is 2.52 bits per heavy atom. The minimum atomic E-state index is -4.61. The standard InChI is InChI=1S/C23H21F4N3O3/c1-2-29(22(33)13-3-4-13)11-14-9-16(24)6-7-17(14)21-18-10-15(23(25,26)27)5-8-19(18)30(28-21)12-20(31)32/h5-10,13H,2-4,11-12H2,1H3,(H,31,32). The number of carboxylic acids is 1. The third-order valence-electron chi connectivity index (χ3n) is 5.67. The van der Waals surface area contributed by atoms with Gasteiger partial charge in [-0.05, 0) is 61.7 Å². The summed E-state index contributed by atoms with van der Waals surface area (Å²) in [5.41, 5.74) is 0.116. The number of carboxylic acid groups (broad SMARTS) is 1. The molecule has 0 radical (unpaired) electrons. The smallest absolute Gasteiger partial charge is 0.416 e. The topological polar surface area (TPSA) is 75.4 Å². The Bertz CT molecular complexity index is 1230. The largest absolute Gasteiger partial charge is 0.480 e. The van der Waals surface area contributed by atoms with Crippen LogP contribution >= 0.6 is 0 Å². The second-order valence-electron chi connectivity index (χ2n) is 8.06. The number of carbonyl (C=O) groups is 2. The van der Waals surface area contributed by atoms with Gasteiger partial charge in [-0.2, -0.15) is 18.3 Å². The van der Waals surface area contributed by atoms with Crippen LogP contribution in [0.5, 0.6) is 0 Å². The number of benzene rings is 2. The van der Waals surface area contributed by atoms with Gasteiger partial charge in [0, 0.05) is 30.0 Å². The Hall–Kier alpha value is -3.43. The first-order chi connectivity index (χ1) is 15.6. The van der Waals surface area contributed by atoms with Crippen LogP contribution in [0, 0.1) is 11.7 Å². The van der Waals surface area contributed by atoms with E-state index in [-0.39, 0.29) is 35.0 Å². The zero-order valence-electron chi connectivity index (χ0n) is 17.7. The van der Waals surface area contributed by atoms with E-state index in [0.29, 0.717) is 17.7 Å². The van der Waals surface area contributed by atoms with Gasteiger partial charge >= 0.3 is 12.1 Å². The molecule has 0 atom stereocenters. The molecule has 1 aliphatic rings. The summed E-state index contributed by atoms with van der Waals surface area (Å²) in [4.78, 5) is 25.5. The fraction of sp³-hybridized carbons (Fsp3) is 0.348. The van der Waals surface area contributed by atoms with Gasteiger partial charge in [-0.3, -0.25) is 14.3 Å². The van der Waals surface area contributed by atoms with E-state index in [1.807, 2.05) is 0 Å². The third kappa shape index (κ3) is 4.69. The highest BCUT2D eigenvalue weighted by atomic mass is 19.4. The number of rotatable bonds is 7. The molecule has 3 aromatic rings. The molecule has 6 nitrogen and oxygen atoms in total. The molecule has 1 amide bonds. The number of hydrogen-bond acceptors (Lipinski definition) is 3. The summed E-state index contributed by atoms with van der Waals surface area (Å²) >= 11 is 0. The van der Waals surface area contributed by atoms with Crippen LogP contribution in [0.15, 0.2) is 36.4 Å². The molecule has 1 N–H and O–H groups in total. The van der Waals surface area contributed by atoms with E-state index in [2.05, 4.69) is 5.10 Å². The van der Waals surface area contributed by atoms with Crippen LogP contribution in [0.1, 0.15) is 30.9 Å². The zero-order chi connectivity index (χ0) is 23.9. The van der Waals surface area contributed by atoms with Crippen molar-refractivity contribution in [3.8, 4) is 11.3 Å². The lowest BCUT2D eigenvalue weighted by molar-refractivity contribution is -0.138. The van der Waals surface area contributed by atoms with E-state index in [0.717, 1.165) is 35.7 Å². The first-order valence-electron chi connectivity index (χ1n) is 10.5. The van der Waals surface area contributed by atoms with Crippen molar-refractivity contribution < 1.29 is 32.3 Å². The predicted molar refractivity (Wildman–Crippen MR) is 112 cm³/mol. The van der Waals surface area contributed by atoms with E-state index in [4.69, 9.17) is 0 Å². The van der Waals surface area contributed by atoms with Crippen molar-refractivity contribution in [2.45, 2.75) is 39.0 Å². The monoisotopic (exact) mass is 463 g/mol. The van der Waals surface area contributed by atoms with Gasteiger partial charge in [-0.25, -0.2) is 4.39 Å². The van der Waals surface area contributed by atoms with E-state index in [9.17, 15) is 32.3 Å². The SMILES string of the molecule is CCN(Cc1cc(F)ccc1-c1nn(CC(=O)O)c2ccc(C(F)(F)F)cc12)C(=O)C1CC1. The Morgan fingerprint density at radius 1 is 1.18 bits per heavy atom. The first-order valence-corrected chi connectivity index (χ1v) is 10.5. The predicted octanol–water partition coefficient (Wildman–Crippen LogP) is 4.70. The van der Waals surface area contributed by atoms with Crippen LogP contribution in [-0.4, -0.2) is 38.2 Å². The van der Waals surface area contributed by atoms with Crippen molar-refractivity contribution in [1.82, 2.24) is 14.7 Å². The second-order valence-corrected chi connectivity index (χ2v) is 8.06. The van der Waals surface area contributed by atoms with Crippen molar-refractivity contribution in [2.24, 2.45) is 5.92 Å². The van der Waals surface area contributed by atoms with Gasteiger partial charge in [0.05, 0.1) is 11.1 Å². The Morgan fingerprint density at radius 2 is 1.91 bits per heavy atom. The van der Waals surface area contributed by atoms with E-state index >= 15 is 0 Å². The number of halogens is 4. The highest BCUT2D eigenvalue weighted by Crippen LogP contribution is 2.37. The third-order valence-corrected chi connectivity index (χ3v) is 5.67. The number of hydrogen-bond donors (Lipinski definition) is 1. The summed E-state index contributed by atoms with van der Waals surface area (Å²) in [6.07, 6.45) is -3.01. The molecule has 0 spiro atoms. The van der Waals surface area contributed by atoms with Crippen LogP contribution in [0.25, 0.3) is 22.2 Å². The molecule has 0 aliphatic heterocycles. The maximum absolute atomic E-state index is 14.1. The van der Waals surface area contributed by atoms with Crippen molar-refractivity contribution in [3.05, 3.63) is 53.3 Å². The summed E-state index contributed by atoms with van der Waals surface area (Å²) in [6.45, 7) is 1.69. The summed E-state index contributed by atoms with van der Waals surface area (Å²) in [6, 6.07) is 6.74. The molecule has 2 aromatic carbocycles. The number of aliphatic carboxylic acids is 1. The average molecular weight is 463 g/mol. The average Bonchev–Trinajstić information content (AvgIpc) is 3.54. The summed E-state index contributed by atoms with van der Waals surface area (Å²) in [7, 11) is 0. The summed E-state index contributed by atoms with van der Waals surface area (Å²) < 4.78 is 55.4. The molecule has 0 saturated heterocycles. The molecule has 1 heterocycles. The summed E-state index contributed by atoms with van der Waals surface area (Å²) in [5, 5.41) is 13.6. The van der Waals surface area contributed by atoms with Crippen molar-refractivity contribution in [2.75, 3.05) is 6.54 Å². The molecular weight excluding hydrogens is 442 g/mol. The molecule has 10 heteroatoms. The fourth-order valence-corrected chi connectivity index (χ4v) is 3.87. The van der Waals surface area contributed by atoms with Gasteiger partial charge in [0.15, 0.2) is 0 Å². The molecule has 1 fully saturated rings. The highest BCUT2D eigenvalue weighted by Gasteiger charge is 2.34. The Labute approximate surface area is 186 Å². The number of carbonyl (C=O) groups excluding carboxylic acids is 1. The second kappa shape index (κ2) is 8.49. The van der Waals surface area contributed by atoms with Crippen molar-refractivity contribution >= 4 is 22.8 Å². The van der Waals surface area contributed by atoms with Gasteiger partial charge < -0.3 is 10.0 Å². The van der Waals surface area contributed by atoms with Gasteiger partial charge in [0.25, 0.3) is 0 Å². The number of alkyl halides is 3. The quantitative estimate of drug-likeness (QED) is 0.516. The normalized spacial score (nSPS) is 14.0. The number of nitrogens with zero attached hydrogens (tertiary/aromatic N) is 3. The lowest BCUT2D eigenvalue weighted by Crippen LogP contribution is -2.31. The van der Waals surface area contributed by atoms with Gasteiger partial charge in [0.2, 0.25) is 5.91 Å². The van der Waals surface area contributed by atoms with Crippen LogP contribution in [-0.2, 0) is 28.9 Å². The lowest BCUT2D eigenvalue weighted by Gasteiger charge is -2.22. The Balaban J connectivity index is 1.87. The molecule has 1 saturated carbocycles. The maximum Gasteiger partial charge on any atom is 0.416 e. The van der Waals surface area contributed by atoms with Crippen molar-refractivity contribution in [3.63, 3.8) is 0 Å². The number of aromatic nitrogens is 2. The molecule has 4 rings (SSSR count). The molecule has 0 bridgehead atoms. The number of amides is 1. The molecule has 33 heavy (non-hydrogen) atoms. The molecule has 174 valence electrons. The molecule has 1 aromatic heterocycles. The summed E-state index contributed by atoms with van der Waals surface area (Å²) in [5.74, 6) is -1.87. The highest BCUT2D eigenvalue weighted by molar-refractivity contribution is 5.95. The van der Waals surface area contributed by atoms with Gasteiger partial charge in [-0.1, -0.05) is 0 Å². The minimum Gasteiger partial charge on any atom is -0.480 e. The van der Waals surface area contributed by atoms with E-state index < -0.39 is 30.1 Å². The Kier molecular flexibility index (Phi) is 5.85. The number of fused-ring (bicyclic) bond motifs is 1. The van der Waals surface area contributed by atoms with Crippen molar-refractivity contribution in [1.29, 1.82) is 0 Å². The van der Waals surface area contributed by atoms with E-state index in [1.165, 1.54) is 18.2 Å². The van der Waals surface area contributed by atoms with Gasteiger partial charge in [-0.15, -0.1) is 0 Å². The van der Waals surface area contributed by atoms with Gasteiger partial charge in [0.1, 0.15) is 18.1 Å². The van der Waals surface area contributed by atoms with Crippen LogP contribution in [0.3, 0.4) is 0 Å². The lowest BCUT2D eigenvalue weighted by atomic mass is 9.99. The fourth-order valence-electron chi connectivity index (χ4n) is 3.87.